The second kappa shape index (κ2) is 11.4. The molecule has 0 saturated heterocycles. The Bertz CT molecular complexity index is 217. The van der Waals surface area contributed by atoms with Crippen LogP contribution in [-0.4, -0.2) is 37.2 Å². The quantitative estimate of drug-likeness (QED) is 0.713. The molecule has 0 aliphatic carbocycles. The van der Waals surface area contributed by atoms with Crippen LogP contribution in [0.4, 0.5) is 0 Å². The Balaban J connectivity index is 0. The minimum absolute atomic E-state index is 0.245. The van der Waals surface area contributed by atoms with Gasteiger partial charge in [-0.05, 0) is 12.3 Å². The van der Waals surface area contributed by atoms with Gasteiger partial charge in [0.25, 0.3) is 0 Å². The van der Waals surface area contributed by atoms with E-state index in [-0.39, 0.29) is 11.9 Å². The van der Waals surface area contributed by atoms with E-state index in [9.17, 15) is 14.7 Å². The Kier molecular flexibility index (Phi) is 12.2. The van der Waals surface area contributed by atoms with Crippen LogP contribution in [0.3, 0.4) is 0 Å². The van der Waals surface area contributed by atoms with Crippen molar-refractivity contribution in [2.45, 2.75) is 46.1 Å². The predicted octanol–water partition coefficient (Wildman–Crippen LogP) is 1.10. The van der Waals surface area contributed by atoms with Gasteiger partial charge in [-0.1, -0.05) is 26.7 Å². The first-order valence-corrected chi connectivity index (χ1v) is 5.79. The summed E-state index contributed by atoms with van der Waals surface area (Å²) in [6.07, 6.45) is 1.71. The fourth-order valence-corrected chi connectivity index (χ4v) is 1.02. The highest BCUT2D eigenvalue weighted by Gasteiger charge is 2.11. The number of methoxy groups -OCH3 is 1. The lowest BCUT2D eigenvalue weighted by Gasteiger charge is -2.09. The Labute approximate surface area is 104 Å². The number of rotatable bonds is 5. The zero-order chi connectivity index (χ0) is 13.8. The van der Waals surface area contributed by atoms with Gasteiger partial charge >= 0.3 is 5.97 Å². The summed E-state index contributed by atoms with van der Waals surface area (Å²) in [5.41, 5.74) is 0. The highest BCUT2D eigenvalue weighted by Crippen LogP contribution is 2.08. The molecule has 0 aliphatic rings. The normalized spacial score (nSPS) is 11.2. The van der Waals surface area contributed by atoms with Crippen LogP contribution in [0.1, 0.15) is 40.0 Å². The molecule has 1 atom stereocenters. The third kappa shape index (κ3) is 14.9. The standard InChI is InChI=1S/C9H19NO2.C3H6O2/c1-7(2)5-4-6-8(11)9(12)10-3;1-3(4)5-2/h7-8,11H,4-6H2,1-3H3,(H,10,12);1-2H3. The molecule has 0 spiro atoms. The number of aliphatic hydroxyl groups is 1. The van der Waals surface area contributed by atoms with Crippen molar-refractivity contribution in [2.24, 2.45) is 5.92 Å². The minimum atomic E-state index is -0.825. The number of likely N-dealkylation sites (N-methyl/N-ethyl adjacent to an activating group) is 1. The monoisotopic (exact) mass is 247 g/mol. The molecule has 0 radical (unpaired) electrons. The van der Waals surface area contributed by atoms with Crippen LogP contribution >= 0.6 is 0 Å². The van der Waals surface area contributed by atoms with E-state index in [4.69, 9.17) is 0 Å². The average molecular weight is 247 g/mol. The van der Waals surface area contributed by atoms with Gasteiger partial charge in [-0.15, -0.1) is 0 Å². The third-order valence-electron chi connectivity index (χ3n) is 2.10. The summed E-state index contributed by atoms with van der Waals surface area (Å²) in [6, 6.07) is 0. The first-order chi connectivity index (χ1) is 7.84. The zero-order valence-corrected chi connectivity index (χ0v) is 11.4. The minimum Gasteiger partial charge on any atom is -0.469 e. The average Bonchev–Trinajstić information content (AvgIpc) is 2.28. The third-order valence-corrected chi connectivity index (χ3v) is 2.10. The lowest BCUT2D eigenvalue weighted by atomic mass is 10.0. The summed E-state index contributed by atoms with van der Waals surface area (Å²) in [7, 11) is 2.89. The molecule has 0 saturated carbocycles. The topological polar surface area (TPSA) is 75.6 Å². The van der Waals surface area contributed by atoms with Crippen LogP contribution in [0, 0.1) is 5.92 Å². The van der Waals surface area contributed by atoms with E-state index in [1.807, 2.05) is 0 Å². The summed E-state index contributed by atoms with van der Waals surface area (Å²) >= 11 is 0. The van der Waals surface area contributed by atoms with Crippen molar-refractivity contribution in [2.75, 3.05) is 14.2 Å². The fraction of sp³-hybridized carbons (Fsp3) is 0.833. The summed E-state index contributed by atoms with van der Waals surface area (Å²) in [4.78, 5) is 20.4. The van der Waals surface area contributed by atoms with Gasteiger partial charge in [-0.3, -0.25) is 9.59 Å². The molecule has 1 amide bonds. The van der Waals surface area contributed by atoms with E-state index < -0.39 is 6.10 Å². The van der Waals surface area contributed by atoms with Crippen molar-refractivity contribution in [1.29, 1.82) is 0 Å². The molecule has 0 rings (SSSR count). The van der Waals surface area contributed by atoms with E-state index >= 15 is 0 Å². The Morgan fingerprint density at radius 1 is 1.29 bits per heavy atom. The maximum Gasteiger partial charge on any atom is 0.302 e. The van der Waals surface area contributed by atoms with Crippen LogP contribution in [0.25, 0.3) is 0 Å². The second-order valence-electron chi connectivity index (χ2n) is 4.15. The molecule has 0 bridgehead atoms. The SMILES string of the molecule is CNC(=O)C(O)CCCC(C)C.COC(C)=O. The van der Waals surface area contributed by atoms with Gasteiger partial charge < -0.3 is 15.2 Å². The number of esters is 1. The number of nitrogens with one attached hydrogen (secondary N) is 1. The van der Waals surface area contributed by atoms with Crippen LogP contribution in [0.2, 0.25) is 0 Å². The van der Waals surface area contributed by atoms with E-state index in [0.717, 1.165) is 12.8 Å². The van der Waals surface area contributed by atoms with Crippen molar-refractivity contribution in [3.63, 3.8) is 0 Å². The van der Waals surface area contributed by atoms with Gasteiger partial charge in [0, 0.05) is 14.0 Å². The number of hydrogen-bond acceptors (Lipinski definition) is 4. The fourth-order valence-electron chi connectivity index (χ4n) is 1.02. The highest BCUT2D eigenvalue weighted by atomic mass is 16.5. The number of aliphatic hydroxyl groups excluding tert-OH is 1. The number of carbonyl (C=O) groups is 2. The maximum atomic E-state index is 10.8. The van der Waals surface area contributed by atoms with Gasteiger partial charge in [0.15, 0.2) is 0 Å². The van der Waals surface area contributed by atoms with Gasteiger partial charge in [0.1, 0.15) is 6.10 Å². The molecular formula is C12H25NO4. The predicted molar refractivity (Wildman–Crippen MR) is 66.5 cm³/mol. The van der Waals surface area contributed by atoms with Crippen LogP contribution < -0.4 is 5.32 Å². The largest absolute Gasteiger partial charge is 0.469 e. The summed E-state index contributed by atoms with van der Waals surface area (Å²) in [5, 5.41) is 11.6. The van der Waals surface area contributed by atoms with E-state index in [1.54, 1.807) is 0 Å². The molecule has 1 unspecified atom stereocenters. The Hall–Kier alpha value is -1.10. The number of hydrogen-bond donors (Lipinski definition) is 2. The van der Waals surface area contributed by atoms with Gasteiger partial charge in [-0.25, -0.2) is 0 Å². The molecule has 0 aromatic rings. The smallest absolute Gasteiger partial charge is 0.302 e. The molecule has 5 nitrogen and oxygen atoms in total. The van der Waals surface area contributed by atoms with Crippen molar-refractivity contribution in [3.8, 4) is 0 Å². The van der Waals surface area contributed by atoms with Gasteiger partial charge in [0.05, 0.1) is 7.11 Å². The zero-order valence-electron chi connectivity index (χ0n) is 11.4. The number of amides is 1. The van der Waals surface area contributed by atoms with Gasteiger partial charge in [0.2, 0.25) is 5.91 Å². The molecule has 102 valence electrons. The second-order valence-corrected chi connectivity index (χ2v) is 4.15. The molecule has 0 aromatic carbocycles. The van der Waals surface area contributed by atoms with Crippen molar-refractivity contribution < 1.29 is 19.4 Å². The first kappa shape index (κ1) is 18.3. The summed E-state index contributed by atoms with van der Waals surface area (Å²) in [5.74, 6) is 0.116. The number of carbonyl (C=O) groups excluding carboxylic acids is 2. The molecule has 0 aliphatic heterocycles. The summed E-state index contributed by atoms with van der Waals surface area (Å²) in [6.45, 7) is 5.62. The molecule has 17 heavy (non-hydrogen) atoms. The summed E-state index contributed by atoms with van der Waals surface area (Å²) < 4.78 is 4.11. The maximum absolute atomic E-state index is 10.8. The Morgan fingerprint density at radius 2 is 1.76 bits per heavy atom. The molecule has 0 fully saturated rings. The lowest BCUT2D eigenvalue weighted by molar-refractivity contribution is -0.138. The molecule has 2 N–H and O–H groups in total. The van der Waals surface area contributed by atoms with Gasteiger partial charge in [-0.2, -0.15) is 0 Å². The Morgan fingerprint density at radius 3 is 2.06 bits per heavy atom. The van der Waals surface area contributed by atoms with Crippen LogP contribution in [0.15, 0.2) is 0 Å². The molecule has 5 heteroatoms. The molecule has 0 heterocycles. The van der Waals surface area contributed by atoms with E-state index in [1.165, 1.54) is 21.1 Å². The molecule has 0 aromatic heterocycles. The highest BCUT2D eigenvalue weighted by molar-refractivity contribution is 5.79. The van der Waals surface area contributed by atoms with Crippen molar-refractivity contribution >= 4 is 11.9 Å². The van der Waals surface area contributed by atoms with Crippen molar-refractivity contribution in [3.05, 3.63) is 0 Å². The van der Waals surface area contributed by atoms with E-state index in [0.29, 0.717) is 12.3 Å². The van der Waals surface area contributed by atoms with Crippen LogP contribution in [-0.2, 0) is 14.3 Å². The van der Waals surface area contributed by atoms with Crippen molar-refractivity contribution in [1.82, 2.24) is 5.32 Å². The number of ether oxygens (including phenoxy) is 1. The molecular weight excluding hydrogens is 222 g/mol. The van der Waals surface area contributed by atoms with Crippen LogP contribution in [0.5, 0.6) is 0 Å². The first-order valence-electron chi connectivity index (χ1n) is 5.79. The van der Waals surface area contributed by atoms with E-state index in [2.05, 4.69) is 23.9 Å². The lowest BCUT2D eigenvalue weighted by Crippen LogP contribution is -2.31.